The maximum absolute atomic E-state index is 13.0. The van der Waals surface area contributed by atoms with Gasteiger partial charge in [0, 0.05) is 28.4 Å². The Labute approximate surface area is 116 Å². The number of benzene rings is 1. The van der Waals surface area contributed by atoms with Crippen LogP contribution in [0.1, 0.15) is 11.1 Å². The lowest BCUT2D eigenvalue weighted by atomic mass is 9.97. The van der Waals surface area contributed by atoms with Crippen molar-refractivity contribution in [2.45, 2.75) is 6.18 Å². The van der Waals surface area contributed by atoms with Crippen molar-refractivity contribution in [3.63, 3.8) is 0 Å². The van der Waals surface area contributed by atoms with Gasteiger partial charge >= 0.3 is 6.18 Å². The van der Waals surface area contributed by atoms with Gasteiger partial charge in [-0.3, -0.25) is 4.79 Å². The molecule has 0 spiro atoms. The largest absolute Gasteiger partial charge is 0.418 e. The molecule has 0 bridgehead atoms. The Bertz CT molecular complexity index is 759. The second-order valence-electron chi connectivity index (χ2n) is 3.90. The van der Waals surface area contributed by atoms with Crippen LogP contribution in [0.3, 0.4) is 0 Å². The predicted octanol–water partition coefficient (Wildman–Crippen LogP) is 3.59. The van der Waals surface area contributed by atoms with E-state index in [-0.39, 0.29) is 16.1 Å². The molecule has 0 atom stereocenters. The van der Waals surface area contributed by atoms with Crippen LogP contribution in [0.4, 0.5) is 13.2 Å². The standard InChI is InChI=1S/C13H6ClF3N2O/c14-10-3-1-2-7(5-18)12(10)8-4-11(20)19-6-9(8)13(15,16)17/h1-4,6H,(H,19,20). The molecule has 0 amide bonds. The third-order valence-electron chi connectivity index (χ3n) is 2.63. The number of alkyl halides is 3. The highest BCUT2D eigenvalue weighted by atomic mass is 35.5. The first-order chi connectivity index (χ1) is 9.34. The number of hydrogen-bond donors (Lipinski definition) is 1. The summed E-state index contributed by atoms with van der Waals surface area (Å²) in [5.74, 6) is 0. The first-order valence-corrected chi connectivity index (χ1v) is 5.71. The van der Waals surface area contributed by atoms with Crippen molar-refractivity contribution in [3.8, 4) is 17.2 Å². The molecule has 1 aromatic heterocycles. The molecular formula is C13H6ClF3N2O. The number of rotatable bonds is 1. The van der Waals surface area contributed by atoms with Gasteiger partial charge in [-0.15, -0.1) is 0 Å². The molecule has 1 aromatic carbocycles. The summed E-state index contributed by atoms with van der Waals surface area (Å²) < 4.78 is 39.0. The summed E-state index contributed by atoms with van der Waals surface area (Å²) in [5, 5.41) is 8.96. The lowest BCUT2D eigenvalue weighted by molar-refractivity contribution is -0.137. The Kier molecular flexibility index (Phi) is 3.55. The van der Waals surface area contributed by atoms with Gasteiger partial charge in [-0.25, -0.2) is 0 Å². The fourth-order valence-corrected chi connectivity index (χ4v) is 2.08. The highest BCUT2D eigenvalue weighted by Gasteiger charge is 2.35. The smallest absolute Gasteiger partial charge is 0.328 e. The fourth-order valence-electron chi connectivity index (χ4n) is 1.80. The number of aromatic nitrogens is 1. The Morgan fingerprint density at radius 1 is 1.30 bits per heavy atom. The second-order valence-corrected chi connectivity index (χ2v) is 4.30. The molecule has 1 heterocycles. The van der Waals surface area contributed by atoms with E-state index in [1.165, 1.54) is 18.2 Å². The molecule has 0 aliphatic rings. The van der Waals surface area contributed by atoms with Gasteiger partial charge in [0.05, 0.1) is 17.2 Å². The zero-order chi connectivity index (χ0) is 14.9. The molecule has 1 N–H and O–H groups in total. The van der Waals surface area contributed by atoms with Crippen molar-refractivity contribution < 1.29 is 13.2 Å². The normalized spacial score (nSPS) is 11.2. The molecule has 0 fully saturated rings. The van der Waals surface area contributed by atoms with E-state index in [1.54, 1.807) is 6.07 Å². The van der Waals surface area contributed by atoms with E-state index in [0.29, 0.717) is 6.20 Å². The fraction of sp³-hybridized carbons (Fsp3) is 0.0769. The molecule has 2 rings (SSSR count). The average molecular weight is 299 g/mol. The van der Waals surface area contributed by atoms with Crippen LogP contribution in [0.2, 0.25) is 5.02 Å². The Hall–Kier alpha value is -2.26. The van der Waals surface area contributed by atoms with Crippen LogP contribution in [0.5, 0.6) is 0 Å². The molecular weight excluding hydrogens is 293 g/mol. The Balaban J connectivity index is 2.87. The van der Waals surface area contributed by atoms with Crippen LogP contribution in [0.15, 0.2) is 35.3 Å². The number of nitrogens with zero attached hydrogens (tertiary/aromatic N) is 1. The van der Waals surface area contributed by atoms with Gasteiger partial charge < -0.3 is 4.98 Å². The number of aromatic amines is 1. The quantitative estimate of drug-likeness (QED) is 0.874. The summed E-state index contributed by atoms with van der Waals surface area (Å²) in [6.45, 7) is 0. The highest BCUT2D eigenvalue weighted by molar-refractivity contribution is 6.33. The number of pyridine rings is 1. The van der Waals surface area contributed by atoms with Gasteiger partial charge in [0.2, 0.25) is 5.56 Å². The minimum atomic E-state index is -4.68. The number of nitriles is 1. The number of halogens is 4. The van der Waals surface area contributed by atoms with Crippen LogP contribution >= 0.6 is 11.6 Å². The zero-order valence-electron chi connectivity index (χ0n) is 9.75. The van der Waals surface area contributed by atoms with Crippen LogP contribution in [-0.2, 0) is 6.18 Å². The molecule has 0 aliphatic heterocycles. The van der Waals surface area contributed by atoms with Crippen molar-refractivity contribution >= 4 is 11.6 Å². The molecule has 0 unspecified atom stereocenters. The average Bonchev–Trinajstić information content (AvgIpc) is 2.36. The number of hydrogen-bond acceptors (Lipinski definition) is 2. The number of H-pyrrole nitrogens is 1. The van der Waals surface area contributed by atoms with Crippen LogP contribution in [0.25, 0.3) is 11.1 Å². The molecule has 20 heavy (non-hydrogen) atoms. The maximum atomic E-state index is 13.0. The molecule has 2 aromatic rings. The van der Waals surface area contributed by atoms with Gasteiger partial charge in [0.25, 0.3) is 0 Å². The van der Waals surface area contributed by atoms with E-state index in [9.17, 15) is 18.0 Å². The molecule has 0 saturated heterocycles. The SMILES string of the molecule is N#Cc1cccc(Cl)c1-c1cc(=O)[nH]cc1C(F)(F)F. The predicted molar refractivity (Wildman–Crippen MR) is 67.2 cm³/mol. The molecule has 102 valence electrons. The summed E-state index contributed by atoms with van der Waals surface area (Å²) in [5.41, 5.74) is -2.31. The molecule has 0 radical (unpaired) electrons. The van der Waals surface area contributed by atoms with E-state index in [2.05, 4.69) is 0 Å². The monoisotopic (exact) mass is 298 g/mol. The van der Waals surface area contributed by atoms with Crippen molar-refractivity contribution in [2.75, 3.05) is 0 Å². The van der Waals surface area contributed by atoms with E-state index in [4.69, 9.17) is 16.9 Å². The van der Waals surface area contributed by atoms with Gasteiger partial charge in [-0.2, -0.15) is 18.4 Å². The second kappa shape index (κ2) is 5.02. The van der Waals surface area contributed by atoms with E-state index in [1.807, 2.05) is 4.98 Å². The van der Waals surface area contributed by atoms with Crippen LogP contribution in [0, 0.1) is 11.3 Å². The lowest BCUT2D eigenvalue weighted by Gasteiger charge is -2.14. The van der Waals surface area contributed by atoms with E-state index in [0.717, 1.165) is 6.07 Å². The van der Waals surface area contributed by atoms with Gasteiger partial charge in [0.1, 0.15) is 0 Å². The highest BCUT2D eigenvalue weighted by Crippen LogP contribution is 2.39. The van der Waals surface area contributed by atoms with E-state index < -0.39 is 22.9 Å². The lowest BCUT2D eigenvalue weighted by Crippen LogP contribution is -2.14. The molecule has 0 aliphatic carbocycles. The minimum absolute atomic E-state index is 0.0276. The third-order valence-corrected chi connectivity index (χ3v) is 2.95. The van der Waals surface area contributed by atoms with Gasteiger partial charge in [-0.05, 0) is 12.1 Å². The summed E-state index contributed by atoms with van der Waals surface area (Å²) in [4.78, 5) is 13.3. The molecule has 0 saturated carbocycles. The Morgan fingerprint density at radius 2 is 2.00 bits per heavy atom. The zero-order valence-corrected chi connectivity index (χ0v) is 10.5. The van der Waals surface area contributed by atoms with Crippen molar-refractivity contribution in [3.05, 3.63) is 57.0 Å². The molecule has 3 nitrogen and oxygen atoms in total. The van der Waals surface area contributed by atoms with Gasteiger partial charge in [0.15, 0.2) is 0 Å². The summed E-state index contributed by atoms with van der Waals surface area (Å²) >= 11 is 5.89. The first kappa shape index (κ1) is 14.2. The van der Waals surface area contributed by atoms with Crippen molar-refractivity contribution in [1.29, 1.82) is 5.26 Å². The first-order valence-electron chi connectivity index (χ1n) is 5.33. The van der Waals surface area contributed by atoms with Crippen molar-refractivity contribution in [2.24, 2.45) is 0 Å². The topological polar surface area (TPSA) is 56.6 Å². The van der Waals surface area contributed by atoms with Crippen LogP contribution < -0.4 is 5.56 Å². The Morgan fingerprint density at radius 3 is 2.60 bits per heavy atom. The third kappa shape index (κ3) is 2.53. The van der Waals surface area contributed by atoms with Crippen LogP contribution in [-0.4, -0.2) is 4.98 Å². The summed E-state index contributed by atoms with van der Waals surface area (Å²) in [7, 11) is 0. The van der Waals surface area contributed by atoms with Crippen molar-refractivity contribution in [1.82, 2.24) is 4.98 Å². The van der Waals surface area contributed by atoms with E-state index >= 15 is 0 Å². The minimum Gasteiger partial charge on any atom is -0.328 e. The van der Waals surface area contributed by atoms with Gasteiger partial charge in [-0.1, -0.05) is 17.7 Å². The summed E-state index contributed by atoms with van der Waals surface area (Å²) in [6, 6.07) is 6.70. The maximum Gasteiger partial charge on any atom is 0.418 e. The molecule has 7 heteroatoms. The summed E-state index contributed by atoms with van der Waals surface area (Å²) in [6.07, 6.45) is -4.10. The number of nitrogens with one attached hydrogen (secondary N) is 1.